The second kappa shape index (κ2) is 8.58. The summed E-state index contributed by atoms with van der Waals surface area (Å²) in [5.74, 6) is -0.494. The van der Waals surface area contributed by atoms with Crippen LogP contribution in [0.1, 0.15) is 5.56 Å². The highest BCUT2D eigenvalue weighted by Gasteiger charge is 2.17. The van der Waals surface area contributed by atoms with Crippen molar-refractivity contribution in [2.75, 3.05) is 26.4 Å². The maximum absolute atomic E-state index is 11.9. The smallest absolute Gasteiger partial charge is 0.333 e. The summed E-state index contributed by atoms with van der Waals surface area (Å²) in [5.41, 5.74) is -1.47. The van der Waals surface area contributed by atoms with Crippen LogP contribution in [0.2, 0.25) is 0 Å². The van der Waals surface area contributed by atoms with E-state index in [1.807, 2.05) is 0 Å². The van der Waals surface area contributed by atoms with Gasteiger partial charge in [0.1, 0.15) is 17.8 Å². The van der Waals surface area contributed by atoms with Crippen LogP contribution >= 0.6 is 0 Å². The number of hydrogen-bond donors (Lipinski definition) is 4. The van der Waals surface area contributed by atoms with Crippen LogP contribution in [0.15, 0.2) is 14.6 Å². The molecule has 0 amide bonds. The first-order valence-corrected chi connectivity index (χ1v) is 6.85. The van der Waals surface area contributed by atoms with Gasteiger partial charge in [0.15, 0.2) is 0 Å². The Bertz CT molecular complexity index is 665. The Hall–Kier alpha value is -2.01. The summed E-state index contributed by atoms with van der Waals surface area (Å²) >= 11 is 0. The second-order valence-corrected chi connectivity index (χ2v) is 4.82. The van der Waals surface area contributed by atoms with Gasteiger partial charge in [0.05, 0.1) is 26.4 Å². The predicted octanol–water partition coefficient (Wildman–Crippen LogP) is -3.06. The first-order valence-electron chi connectivity index (χ1n) is 6.85. The van der Waals surface area contributed by atoms with Gasteiger partial charge in [0.2, 0.25) is 5.88 Å². The lowest BCUT2D eigenvalue weighted by atomic mass is 10.2. The van der Waals surface area contributed by atoms with E-state index in [9.17, 15) is 19.8 Å². The molecule has 0 aliphatic rings. The Morgan fingerprint density at radius 1 is 1.22 bits per heavy atom. The number of aromatic hydroxyl groups is 1. The fourth-order valence-electron chi connectivity index (χ4n) is 1.79. The Morgan fingerprint density at radius 2 is 1.87 bits per heavy atom. The third-order valence-corrected chi connectivity index (χ3v) is 3.24. The molecule has 23 heavy (non-hydrogen) atoms. The SMILES string of the molecule is Cn1c(O)c(C=NCCOC(CO)[C@@H](O)CO)c(=O)n(C)c1=O. The van der Waals surface area contributed by atoms with Gasteiger partial charge in [-0.2, -0.15) is 0 Å². The van der Waals surface area contributed by atoms with Crippen molar-refractivity contribution in [2.45, 2.75) is 12.2 Å². The molecule has 1 unspecified atom stereocenters. The number of aromatic nitrogens is 2. The van der Waals surface area contributed by atoms with Crippen molar-refractivity contribution in [3.8, 4) is 5.88 Å². The minimum Gasteiger partial charge on any atom is -0.494 e. The molecule has 0 fully saturated rings. The number of ether oxygens (including phenoxy) is 1. The number of aliphatic hydroxyl groups excluding tert-OH is 3. The van der Waals surface area contributed by atoms with Crippen LogP contribution in [-0.2, 0) is 18.8 Å². The fraction of sp³-hybridized carbons (Fsp3) is 0.615. The first kappa shape index (κ1) is 19.0. The lowest BCUT2D eigenvalue weighted by molar-refractivity contribution is -0.0771. The van der Waals surface area contributed by atoms with Crippen molar-refractivity contribution in [1.82, 2.24) is 9.13 Å². The molecule has 0 spiro atoms. The molecule has 0 saturated carbocycles. The maximum atomic E-state index is 11.9. The van der Waals surface area contributed by atoms with E-state index < -0.39 is 42.6 Å². The van der Waals surface area contributed by atoms with Crippen molar-refractivity contribution in [2.24, 2.45) is 19.1 Å². The van der Waals surface area contributed by atoms with Crippen LogP contribution in [0.5, 0.6) is 5.88 Å². The van der Waals surface area contributed by atoms with Crippen LogP contribution in [0.4, 0.5) is 0 Å². The standard InChI is InChI=1S/C13H21N3O7/c1-15-11(20)8(12(21)16(2)13(15)22)5-14-3-4-23-10(7-18)9(19)6-17/h5,9-10,17-20H,3-4,6-7H2,1-2H3/t9-,10?/m0/s1. The predicted molar refractivity (Wildman–Crippen MR) is 81.0 cm³/mol. The average molecular weight is 331 g/mol. The summed E-state index contributed by atoms with van der Waals surface area (Å²) in [7, 11) is 2.60. The quantitative estimate of drug-likeness (QED) is 0.292. The van der Waals surface area contributed by atoms with E-state index in [0.717, 1.165) is 15.3 Å². The van der Waals surface area contributed by atoms with E-state index in [0.29, 0.717) is 0 Å². The third kappa shape index (κ3) is 4.48. The Morgan fingerprint density at radius 3 is 2.43 bits per heavy atom. The highest BCUT2D eigenvalue weighted by Crippen LogP contribution is 2.05. The topological polar surface area (TPSA) is 147 Å². The number of hydrogen-bond acceptors (Lipinski definition) is 8. The highest BCUT2D eigenvalue weighted by molar-refractivity contribution is 5.81. The van der Waals surface area contributed by atoms with Crippen LogP contribution in [0, 0.1) is 0 Å². The first-order chi connectivity index (χ1) is 10.8. The molecule has 0 saturated heterocycles. The van der Waals surface area contributed by atoms with Gasteiger partial charge in [-0.1, -0.05) is 0 Å². The Labute approximate surface area is 131 Å². The van der Waals surface area contributed by atoms with Crippen LogP contribution < -0.4 is 11.2 Å². The molecule has 2 atom stereocenters. The molecule has 1 rings (SSSR count). The molecule has 0 radical (unpaired) electrons. The van der Waals surface area contributed by atoms with Gasteiger partial charge in [-0.3, -0.25) is 18.9 Å². The van der Waals surface area contributed by atoms with Gasteiger partial charge in [-0.05, 0) is 0 Å². The van der Waals surface area contributed by atoms with Crippen molar-refractivity contribution < 1.29 is 25.2 Å². The summed E-state index contributed by atoms with van der Waals surface area (Å²) in [5, 5.41) is 36.9. The molecule has 4 N–H and O–H groups in total. The Balaban J connectivity index is 2.73. The molecule has 0 aliphatic carbocycles. The molecule has 0 aliphatic heterocycles. The zero-order chi connectivity index (χ0) is 17.6. The maximum Gasteiger partial charge on any atom is 0.333 e. The van der Waals surface area contributed by atoms with E-state index in [1.165, 1.54) is 14.1 Å². The van der Waals surface area contributed by atoms with Gasteiger partial charge in [-0.25, -0.2) is 4.79 Å². The van der Waals surface area contributed by atoms with Crippen LogP contribution in [-0.4, -0.2) is 74.3 Å². The number of aliphatic hydroxyl groups is 3. The zero-order valence-electron chi connectivity index (χ0n) is 12.9. The zero-order valence-corrected chi connectivity index (χ0v) is 12.9. The summed E-state index contributed by atoms with van der Waals surface area (Å²) < 4.78 is 6.89. The molecule has 1 heterocycles. The van der Waals surface area contributed by atoms with Crippen molar-refractivity contribution >= 4 is 6.21 Å². The van der Waals surface area contributed by atoms with E-state index in [4.69, 9.17) is 14.9 Å². The van der Waals surface area contributed by atoms with Crippen molar-refractivity contribution in [1.29, 1.82) is 0 Å². The van der Waals surface area contributed by atoms with E-state index >= 15 is 0 Å². The third-order valence-electron chi connectivity index (χ3n) is 3.24. The molecule has 10 heteroatoms. The number of rotatable bonds is 8. The summed E-state index contributed by atoms with van der Waals surface area (Å²) in [6, 6.07) is 0. The Kier molecular flexibility index (Phi) is 7.10. The van der Waals surface area contributed by atoms with E-state index in [1.54, 1.807) is 0 Å². The van der Waals surface area contributed by atoms with Gasteiger partial charge >= 0.3 is 5.69 Å². The van der Waals surface area contributed by atoms with Crippen LogP contribution in [0.3, 0.4) is 0 Å². The van der Waals surface area contributed by atoms with E-state index in [2.05, 4.69) is 4.99 Å². The summed E-state index contributed by atoms with van der Waals surface area (Å²) in [6.45, 7) is -0.907. The van der Waals surface area contributed by atoms with Gasteiger partial charge < -0.3 is 25.2 Å². The average Bonchev–Trinajstić information content (AvgIpc) is 2.56. The molecule has 10 nitrogen and oxygen atoms in total. The monoisotopic (exact) mass is 331 g/mol. The van der Waals surface area contributed by atoms with Crippen molar-refractivity contribution in [3.05, 3.63) is 26.4 Å². The highest BCUT2D eigenvalue weighted by atomic mass is 16.5. The molecule has 130 valence electrons. The minimum absolute atomic E-state index is 0.0195. The van der Waals surface area contributed by atoms with E-state index in [-0.39, 0.29) is 18.7 Å². The van der Waals surface area contributed by atoms with Crippen LogP contribution in [0.25, 0.3) is 0 Å². The second-order valence-electron chi connectivity index (χ2n) is 4.82. The molecular formula is C13H21N3O7. The van der Waals surface area contributed by atoms with Crippen molar-refractivity contribution in [3.63, 3.8) is 0 Å². The largest absolute Gasteiger partial charge is 0.494 e. The molecule has 1 aromatic rings. The lowest BCUT2D eigenvalue weighted by Gasteiger charge is -2.18. The summed E-state index contributed by atoms with van der Waals surface area (Å²) in [6.07, 6.45) is -1.02. The van der Waals surface area contributed by atoms with Gasteiger partial charge in [-0.15, -0.1) is 0 Å². The molecule has 0 aromatic carbocycles. The molecule has 1 aromatic heterocycles. The number of aliphatic imine (C=N–C) groups is 1. The number of nitrogens with zero attached hydrogens (tertiary/aromatic N) is 3. The fourth-order valence-corrected chi connectivity index (χ4v) is 1.79. The minimum atomic E-state index is -1.20. The summed E-state index contributed by atoms with van der Waals surface area (Å²) in [4.78, 5) is 27.4. The lowest BCUT2D eigenvalue weighted by Crippen LogP contribution is -2.38. The van der Waals surface area contributed by atoms with Gasteiger partial charge in [0, 0.05) is 20.3 Å². The molecular weight excluding hydrogens is 310 g/mol. The normalized spacial score (nSPS) is 14.3. The van der Waals surface area contributed by atoms with Gasteiger partial charge in [0.25, 0.3) is 5.56 Å². The molecule has 0 bridgehead atoms.